The SMILES string of the molecule is COc1cc(C(=O)N2CCCc3cccc(C)c32)cc2c1OCCO2. The van der Waals surface area contributed by atoms with Gasteiger partial charge in [-0.2, -0.15) is 0 Å². The van der Waals surface area contributed by atoms with Crippen LogP contribution < -0.4 is 19.1 Å². The van der Waals surface area contributed by atoms with Crippen molar-refractivity contribution >= 4 is 11.6 Å². The number of benzene rings is 2. The predicted octanol–water partition coefficient (Wildman–Crippen LogP) is 3.37. The molecule has 0 unspecified atom stereocenters. The van der Waals surface area contributed by atoms with Gasteiger partial charge in [0.2, 0.25) is 5.75 Å². The third-order valence-corrected chi connectivity index (χ3v) is 4.74. The number of aryl methyl sites for hydroxylation is 2. The van der Waals surface area contributed by atoms with Crippen LogP contribution in [0.5, 0.6) is 17.2 Å². The number of anilines is 1. The third kappa shape index (κ3) is 2.69. The van der Waals surface area contributed by atoms with Crippen LogP contribution in [-0.2, 0) is 6.42 Å². The van der Waals surface area contributed by atoms with Gasteiger partial charge in [0.05, 0.1) is 12.8 Å². The van der Waals surface area contributed by atoms with E-state index in [0.29, 0.717) is 42.6 Å². The number of rotatable bonds is 2. The molecule has 130 valence electrons. The zero-order chi connectivity index (χ0) is 17.4. The van der Waals surface area contributed by atoms with E-state index in [4.69, 9.17) is 14.2 Å². The first kappa shape index (κ1) is 15.8. The molecule has 0 bridgehead atoms. The molecule has 0 saturated heterocycles. The fourth-order valence-corrected chi connectivity index (χ4v) is 3.60. The summed E-state index contributed by atoms with van der Waals surface area (Å²) < 4.78 is 16.7. The number of amides is 1. The van der Waals surface area contributed by atoms with Crippen LogP contribution in [0.25, 0.3) is 0 Å². The van der Waals surface area contributed by atoms with E-state index < -0.39 is 0 Å². The molecular weight excluding hydrogens is 318 g/mol. The van der Waals surface area contributed by atoms with Gasteiger partial charge in [0.25, 0.3) is 5.91 Å². The van der Waals surface area contributed by atoms with E-state index in [1.807, 2.05) is 4.90 Å². The Labute approximate surface area is 147 Å². The summed E-state index contributed by atoms with van der Waals surface area (Å²) in [6.07, 6.45) is 1.97. The Bertz CT molecular complexity index is 813. The minimum atomic E-state index is -0.0366. The largest absolute Gasteiger partial charge is 0.493 e. The Hall–Kier alpha value is -2.69. The van der Waals surface area contributed by atoms with Gasteiger partial charge in [-0.05, 0) is 43.0 Å². The lowest BCUT2D eigenvalue weighted by atomic mass is 9.97. The van der Waals surface area contributed by atoms with Crippen LogP contribution in [0, 0.1) is 6.92 Å². The van der Waals surface area contributed by atoms with Gasteiger partial charge >= 0.3 is 0 Å². The highest BCUT2D eigenvalue weighted by molar-refractivity contribution is 6.08. The van der Waals surface area contributed by atoms with Crippen molar-refractivity contribution in [1.82, 2.24) is 0 Å². The van der Waals surface area contributed by atoms with Crippen LogP contribution in [0.4, 0.5) is 5.69 Å². The topological polar surface area (TPSA) is 48.0 Å². The summed E-state index contributed by atoms with van der Waals surface area (Å²) in [5, 5.41) is 0. The molecule has 2 heterocycles. The summed E-state index contributed by atoms with van der Waals surface area (Å²) in [6.45, 7) is 3.72. The zero-order valence-corrected chi connectivity index (χ0v) is 14.5. The van der Waals surface area contributed by atoms with E-state index in [0.717, 1.165) is 24.1 Å². The highest BCUT2D eigenvalue weighted by Gasteiger charge is 2.27. The second-order valence-corrected chi connectivity index (χ2v) is 6.35. The van der Waals surface area contributed by atoms with Gasteiger partial charge in [0.15, 0.2) is 11.5 Å². The van der Waals surface area contributed by atoms with E-state index >= 15 is 0 Å². The van der Waals surface area contributed by atoms with E-state index in [-0.39, 0.29) is 5.91 Å². The number of hydrogen-bond acceptors (Lipinski definition) is 4. The van der Waals surface area contributed by atoms with Crippen molar-refractivity contribution in [3.05, 3.63) is 47.0 Å². The Kier molecular flexibility index (Phi) is 3.99. The molecule has 25 heavy (non-hydrogen) atoms. The maximum Gasteiger partial charge on any atom is 0.258 e. The highest BCUT2D eigenvalue weighted by Crippen LogP contribution is 2.41. The Morgan fingerprint density at radius 2 is 2.04 bits per heavy atom. The second kappa shape index (κ2) is 6.31. The van der Waals surface area contributed by atoms with Crippen molar-refractivity contribution in [1.29, 1.82) is 0 Å². The van der Waals surface area contributed by atoms with Crippen molar-refractivity contribution < 1.29 is 19.0 Å². The number of fused-ring (bicyclic) bond motifs is 2. The minimum Gasteiger partial charge on any atom is -0.493 e. The summed E-state index contributed by atoms with van der Waals surface area (Å²) in [5.41, 5.74) is 3.93. The predicted molar refractivity (Wildman–Crippen MR) is 95.2 cm³/mol. The first-order valence-corrected chi connectivity index (χ1v) is 8.57. The van der Waals surface area contributed by atoms with Crippen molar-refractivity contribution in [2.24, 2.45) is 0 Å². The summed E-state index contributed by atoms with van der Waals surface area (Å²) in [7, 11) is 1.57. The van der Waals surface area contributed by atoms with Gasteiger partial charge in [0.1, 0.15) is 13.2 Å². The molecule has 2 aliphatic heterocycles. The molecule has 4 rings (SSSR count). The summed E-state index contributed by atoms with van der Waals surface area (Å²) in [6, 6.07) is 9.70. The van der Waals surface area contributed by atoms with Gasteiger partial charge in [-0.3, -0.25) is 4.79 Å². The van der Waals surface area contributed by atoms with Gasteiger partial charge in [-0.25, -0.2) is 0 Å². The van der Waals surface area contributed by atoms with Gasteiger partial charge in [-0.15, -0.1) is 0 Å². The average molecular weight is 339 g/mol. The number of methoxy groups -OCH3 is 1. The standard InChI is InChI=1S/C20H21NO4/c1-13-5-3-6-14-7-4-8-21(18(13)14)20(22)15-11-16(23-2)19-17(12-15)24-9-10-25-19/h3,5-6,11-12H,4,7-10H2,1-2H3. The molecule has 5 nitrogen and oxygen atoms in total. The Morgan fingerprint density at radius 3 is 2.88 bits per heavy atom. The first-order valence-electron chi connectivity index (χ1n) is 8.57. The molecule has 5 heteroatoms. The molecule has 0 N–H and O–H groups in total. The minimum absolute atomic E-state index is 0.0366. The molecule has 1 amide bonds. The fourth-order valence-electron chi connectivity index (χ4n) is 3.60. The van der Waals surface area contributed by atoms with Crippen LogP contribution in [0.15, 0.2) is 30.3 Å². The van der Waals surface area contributed by atoms with Crippen LogP contribution in [0.3, 0.4) is 0 Å². The molecule has 0 aliphatic carbocycles. The summed E-state index contributed by atoms with van der Waals surface area (Å²) in [5.74, 6) is 1.63. The van der Waals surface area contributed by atoms with Gasteiger partial charge in [0, 0.05) is 12.1 Å². The maximum absolute atomic E-state index is 13.2. The molecule has 0 aromatic heterocycles. The second-order valence-electron chi connectivity index (χ2n) is 6.35. The molecular formula is C20H21NO4. The van der Waals surface area contributed by atoms with Crippen molar-refractivity contribution in [3.63, 3.8) is 0 Å². The lowest BCUT2D eigenvalue weighted by Crippen LogP contribution is -2.36. The zero-order valence-electron chi connectivity index (χ0n) is 14.5. The number of carbonyl (C=O) groups excluding carboxylic acids is 1. The van der Waals surface area contributed by atoms with Crippen LogP contribution in [0.1, 0.15) is 27.9 Å². The normalized spacial score (nSPS) is 15.5. The summed E-state index contributed by atoms with van der Waals surface area (Å²) in [4.78, 5) is 15.1. The van der Waals surface area contributed by atoms with Crippen LogP contribution in [-0.4, -0.2) is 32.8 Å². The van der Waals surface area contributed by atoms with Crippen LogP contribution >= 0.6 is 0 Å². The fraction of sp³-hybridized carbons (Fsp3) is 0.350. The lowest BCUT2D eigenvalue weighted by molar-refractivity contribution is 0.0983. The first-order chi connectivity index (χ1) is 12.2. The lowest BCUT2D eigenvalue weighted by Gasteiger charge is -2.31. The Balaban J connectivity index is 1.76. The number of hydrogen-bond donors (Lipinski definition) is 0. The van der Waals surface area contributed by atoms with Crippen molar-refractivity contribution in [2.45, 2.75) is 19.8 Å². The van der Waals surface area contributed by atoms with E-state index in [9.17, 15) is 4.79 Å². The third-order valence-electron chi connectivity index (χ3n) is 4.74. The molecule has 0 atom stereocenters. The summed E-state index contributed by atoms with van der Waals surface area (Å²) >= 11 is 0. The average Bonchev–Trinajstić information content (AvgIpc) is 2.66. The molecule has 2 aliphatic rings. The van der Waals surface area contributed by atoms with Crippen molar-refractivity contribution in [2.75, 3.05) is 31.8 Å². The quantitative estimate of drug-likeness (QED) is 0.842. The van der Waals surface area contributed by atoms with E-state index in [1.165, 1.54) is 5.56 Å². The molecule has 0 fully saturated rings. The smallest absolute Gasteiger partial charge is 0.258 e. The van der Waals surface area contributed by atoms with E-state index in [1.54, 1.807) is 19.2 Å². The van der Waals surface area contributed by atoms with Crippen LogP contribution in [0.2, 0.25) is 0 Å². The molecule has 0 saturated carbocycles. The maximum atomic E-state index is 13.2. The monoisotopic (exact) mass is 339 g/mol. The number of nitrogens with zero attached hydrogens (tertiary/aromatic N) is 1. The molecule has 2 aromatic carbocycles. The van der Waals surface area contributed by atoms with Crippen molar-refractivity contribution in [3.8, 4) is 17.2 Å². The van der Waals surface area contributed by atoms with E-state index in [2.05, 4.69) is 25.1 Å². The van der Waals surface area contributed by atoms with Gasteiger partial charge in [-0.1, -0.05) is 18.2 Å². The van der Waals surface area contributed by atoms with Gasteiger partial charge < -0.3 is 19.1 Å². The molecule has 0 spiro atoms. The number of carbonyl (C=O) groups is 1. The number of ether oxygens (including phenoxy) is 3. The molecule has 0 radical (unpaired) electrons. The highest BCUT2D eigenvalue weighted by atomic mass is 16.6. The Morgan fingerprint density at radius 1 is 1.20 bits per heavy atom. The number of para-hydroxylation sites is 1. The molecule has 2 aromatic rings.